The maximum atomic E-state index is 16.3. The van der Waals surface area contributed by atoms with Crippen LogP contribution in [0.25, 0.3) is 22.0 Å². The summed E-state index contributed by atoms with van der Waals surface area (Å²) >= 11 is 6.55. The molecular weight excluding hydrogens is 578 g/mol. The van der Waals surface area contributed by atoms with Gasteiger partial charge in [-0.05, 0) is 58.2 Å². The molecule has 0 saturated carbocycles. The van der Waals surface area contributed by atoms with Crippen molar-refractivity contribution in [2.75, 3.05) is 78.0 Å². The number of fused-ring (bicyclic) bond motifs is 1. The zero-order valence-corrected chi connectivity index (χ0v) is 25.3. The molecular formula is C31H37ClF2N6O3. The second kappa shape index (κ2) is 13.8. The first kappa shape index (κ1) is 30.9. The number of rotatable bonds is 9. The van der Waals surface area contributed by atoms with Gasteiger partial charge in [0, 0.05) is 56.3 Å². The number of likely N-dealkylation sites (N-methyl/N-ethyl adjacent to an activating group) is 1. The highest BCUT2D eigenvalue weighted by Gasteiger charge is 2.27. The van der Waals surface area contributed by atoms with E-state index >= 15 is 4.39 Å². The fraction of sp³-hybridized carbons (Fsp3) is 0.452. The monoisotopic (exact) mass is 614 g/mol. The molecule has 43 heavy (non-hydrogen) atoms. The van der Waals surface area contributed by atoms with Crippen molar-refractivity contribution in [2.24, 2.45) is 0 Å². The summed E-state index contributed by atoms with van der Waals surface area (Å²) in [6.07, 6.45) is 6.93. The highest BCUT2D eigenvalue weighted by molar-refractivity contribution is 6.34. The Kier molecular flexibility index (Phi) is 9.94. The first-order valence-corrected chi connectivity index (χ1v) is 15.0. The average molecular weight is 615 g/mol. The lowest BCUT2D eigenvalue weighted by Gasteiger charge is -2.35. The van der Waals surface area contributed by atoms with Crippen molar-refractivity contribution >= 4 is 34.2 Å². The number of phenols is 1. The summed E-state index contributed by atoms with van der Waals surface area (Å²) in [6.45, 7) is 5.46. The van der Waals surface area contributed by atoms with E-state index in [0.29, 0.717) is 57.1 Å². The molecule has 0 unspecified atom stereocenters. The molecule has 2 aromatic carbocycles. The van der Waals surface area contributed by atoms with E-state index < -0.39 is 17.4 Å². The molecule has 2 aliphatic rings. The topological polar surface area (TPSA) is 85.3 Å². The number of aromatic nitrogens is 2. The minimum absolute atomic E-state index is 0.00504. The molecule has 0 bridgehead atoms. The van der Waals surface area contributed by atoms with Crippen LogP contribution in [0.15, 0.2) is 36.4 Å². The Labute approximate surface area is 255 Å². The number of likely N-dealkylation sites (tertiary alicyclic amines) is 1. The van der Waals surface area contributed by atoms with Gasteiger partial charge in [0.1, 0.15) is 29.5 Å². The fourth-order valence-corrected chi connectivity index (χ4v) is 5.80. The first-order chi connectivity index (χ1) is 20.7. The van der Waals surface area contributed by atoms with Crippen molar-refractivity contribution in [1.82, 2.24) is 24.7 Å². The number of ether oxygens (including phenoxy) is 1. The second-order valence-corrected chi connectivity index (χ2v) is 11.5. The Balaban J connectivity index is 1.47. The number of nitrogens with zero attached hydrogens (tertiary/aromatic N) is 6. The van der Waals surface area contributed by atoms with Crippen LogP contribution in [0, 0.1) is 11.6 Å². The van der Waals surface area contributed by atoms with Gasteiger partial charge in [0.2, 0.25) is 5.91 Å². The van der Waals surface area contributed by atoms with Crippen LogP contribution in [-0.2, 0) is 4.79 Å². The zero-order valence-electron chi connectivity index (χ0n) is 24.5. The molecule has 1 aromatic heterocycles. The van der Waals surface area contributed by atoms with E-state index in [9.17, 15) is 14.3 Å². The molecule has 0 spiro atoms. The molecule has 3 heterocycles. The second-order valence-electron chi connectivity index (χ2n) is 11.1. The van der Waals surface area contributed by atoms with Crippen LogP contribution in [0.4, 0.5) is 14.6 Å². The van der Waals surface area contributed by atoms with Crippen LogP contribution in [0.1, 0.15) is 19.3 Å². The third-order valence-corrected chi connectivity index (χ3v) is 8.09. The van der Waals surface area contributed by atoms with Gasteiger partial charge in [-0.25, -0.2) is 8.78 Å². The number of amides is 1. The smallest absolute Gasteiger partial charge is 0.319 e. The van der Waals surface area contributed by atoms with Crippen molar-refractivity contribution in [3.63, 3.8) is 0 Å². The molecule has 1 N–H and O–H groups in total. The molecule has 5 rings (SSSR count). The van der Waals surface area contributed by atoms with E-state index in [0.717, 1.165) is 32.0 Å². The van der Waals surface area contributed by atoms with Gasteiger partial charge in [-0.2, -0.15) is 9.97 Å². The number of piperidine rings is 1. The molecule has 12 heteroatoms. The SMILES string of the molecule is CN(C)C/C=C/C(=O)N1CCN(c2nc(OCCN3CCCCC3)nc3c(F)c(-c4c(O)cccc4F)c(Cl)cc23)CC1. The Bertz CT molecular complexity index is 1470. The molecule has 0 atom stereocenters. The maximum Gasteiger partial charge on any atom is 0.319 e. The number of halogens is 3. The van der Waals surface area contributed by atoms with Gasteiger partial charge in [0.25, 0.3) is 0 Å². The summed E-state index contributed by atoms with van der Waals surface area (Å²) in [5, 5.41) is 10.6. The third-order valence-electron chi connectivity index (χ3n) is 7.79. The number of benzene rings is 2. The summed E-state index contributed by atoms with van der Waals surface area (Å²) < 4.78 is 37.0. The summed E-state index contributed by atoms with van der Waals surface area (Å²) in [7, 11) is 3.87. The first-order valence-electron chi connectivity index (χ1n) is 14.6. The van der Waals surface area contributed by atoms with Crippen LogP contribution in [-0.4, -0.2) is 109 Å². The normalized spacial score (nSPS) is 16.5. The summed E-state index contributed by atoms with van der Waals surface area (Å²) in [6, 6.07) is 5.23. The Morgan fingerprint density at radius 3 is 2.51 bits per heavy atom. The molecule has 0 aliphatic carbocycles. The van der Waals surface area contributed by atoms with Gasteiger partial charge in [0.05, 0.1) is 10.6 Å². The third kappa shape index (κ3) is 7.17. The van der Waals surface area contributed by atoms with Crippen LogP contribution in [0.3, 0.4) is 0 Å². The molecule has 0 radical (unpaired) electrons. The van der Waals surface area contributed by atoms with Gasteiger partial charge in [-0.3, -0.25) is 9.69 Å². The van der Waals surface area contributed by atoms with Gasteiger partial charge in [-0.15, -0.1) is 0 Å². The van der Waals surface area contributed by atoms with Gasteiger partial charge in [0.15, 0.2) is 5.82 Å². The predicted octanol–water partition coefficient (Wildman–Crippen LogP) is 4.57. The molecule has 1 amide bonds. The van der Waals surface area contributed by atoms with Crippen LogP contribution < -0.4 is 9.64 Å². The number of carbonyl (C=O) groups excluding carboxylic acids is 1. The van der Waals surface area contributed by atoms with E-state index in [2.05, 4.69) is 14.9 Å². The molecule has 2 aliphatic heterocycles. The number of anilines is 1. The minimum atomic E-state index is -0.882. The lowest BCUT2D eigenvalue weighted by Crippen LogP contribution is -2.48. The van der Waals surface area contributed by atoms with Crippen molar-refractivity contribution in [3.8, 4) is 22.9 Å². The summed E-state index contributed by atoms with van der Waals surface area (Å²) in [5.41, 5.74) is -0.715. The van der Waals surface area contributed by atoms with Crippen LogP contribution in [0.2, 0.25) is 5.02 Å². The van der Waals surface area contributed by atoms with Gasteiger partial charge < -0.3 is 24.5 Å². The number of hydrogen-bond acceptors (Lipinski definition) is 8. The Morgan fingerprint density at radius 2 is 1.81 bits per heavy atom. The van der Waals surface area contributed by atoms with E-state index in [1.54, 1.807) is 11.0 Å². The average Bonchev–Trinajstić information content (AvgIpc) is 2.99. The van der Waals surface area contributed by atoms with E-state index in [-0.39, 0.29) is 33.6 Å². The van der Waals surface area contributed by atoms with E-state index in [1.165, 1.54) is 24.6 Å². The lowest BCUT2D eigenvalue weighted by atomic mass is 10.0. The summed E-state index contributed by atoms with van der Waals surface area (Å²) in [4.78, 5) is 29.7. The van der Waals surface area contributed by atoms with Crippen LogP contribution >= 0.6 is 11.6 Å². The van der Waals surface area contributed by atoms with Crippen LogP contribution in [0.5, 0.6) is 11.8 Å². The standard InChI is InChI=1S/C31H37ClF2N6O3/c1-37(2)11-7-10-25(42)39-14-16-40(17-15-39)30-21-20-22(32)26(27-23(33)8-6-9-24(27)41)28(34)29(21)35-31(36-30)43-19-18-38-12-4-3-5-13-38/h6-10,20,41H,3-5,11-19H2,1-2H3/b10-7+. The largest absolute Gasteiger partial charge is 0.507 e. The van der Waals surface area contributed by atoms with Gasteiger partial charge >= 0.3 is 6.01 Å². The van der Waals surface area contributed by atoms with Crippen molar-refractivity contribution in [1.29, 1.82) is 0 Å². The van der Waals surface area contributed by atoms with E-state index in [1.807, 2.05) is 30.0 Å². The fourth-order valence-electron chi connectivity index (χ4n) is 5.51. The number of piperazine rings is 1. The quantitative estimate of drug-likeness (QED) is 0.351. The molecule has 2 fully saturated rings. The predicted molar refractivity (Wildman–Crippen MR) is 164 cm³/mol. The number of hydrogen-bond donors (Lipinski definition) is 1. The lowest BCUT2D eigenvalue weighted by molar-refractivity contribution is -0.126. The maximum absolute atomic E-state index is 16.3. The number of carbonyl (C=O) groups is 1. The number of phenolic OH excluding ortho intramolecular Hbond substituents is 1. The van der Waals surface area contributed by atoms with E-state index in [4.69, 9.17) is 16.3 Å². The highest BCUT2D eigenvalue weighted by Crippen LogP contribution is 2.42. The van der Waals surface area contributed by atoms with Crippen molar-refractivity contribution in [2.45, 2.75) is 19.3 Å². The van der Waals surface area contributed by atoms with Crippen molar-refractivity contribution in [3.05, 3.63) is 53.1 Å². The summed E-state index contributed by atoms with van der Waals surface area (Å²) in [5.74, 6) is -1.79. The molecule has 9 nitrogen and oxygen atoms in total. The molecule has 2 saturated heterocycles. The highest BCUT2D eigenvalue weighted by atomic mass is 35.5. The molecule has 230 valence electrons. The number of aromatic hydroxyl groups is 1. The van der Waals surface area contributed by atoms with Gasteiger partial charge in [-0.1, -0.05) is 30.2 Å². The Morgan fingerprint density at radius 1 is 1.07 bits per heavy atom. The zero-order chi connectivity index (χ0) is 30.5. The molecule has 3 aromatic rings. The van der Waals surface area contributed by atoms with Crippen molar-refractivity contribution < 1.29 is 23.4 Å². The minimum Gasteiger partial charge on any atom is -0.507 e. The Hall–Kier alpha value is -3.54.